The highest BCUT2D eigenvalue weighted by Gasteiger charge is 2.57. The fraction of sp³-hybridized carbons (Fsp3) is 0.452. The van der Waals surface area contributed by atoms with E-state index in [4.69, 9.17) is 9.47 Å². The lowest BCUT2D eigenvalue weighted by molar-refractivity contribution is -0.0605. The maximum atomic E-state index is 11.3. The summed E-state index contributed by atoms with van der Waals surface area (Å²) in [6.07, 6.45) is 10.1. The zero-order chi connectivity index (χ0) is 23.1. The lowest BCUT2D eigenvalue weighted by Gasteiger charge is -2.52. The Morgan fingerprint density at radius 1 is 1.03 bits per heavy atom. The van der Waals surface area contributed by atoms with Gasteiger partial charge in [0, 0.05) is 17.9 Å². The van der Waals surface area contributed by atoms with E-state index in [2.05, 4.69) is 49.4 Å². The average Bonchev–Trinajstić information content (AvgIpc) is 3.23. The first-order valence-corrected chi connectivity index (χ1v) is 12.9. The summed E-state index contributed by atoms with van der Waals surface area (Å²) in [6, 6.07) is 18.9. The molecule has 0 spiro atoms. The first kappa shape index (κ1) is 21.9. The van der Waals surface area contributed by atoms with Crippen LogP contribution in [0.5, 0.6) is 0 Å². The summed E-state index contributed by atoms with van der Waals surface area (Å²) >= 11 is 0. The molecule has 2 aromatic carbocycles. The number of carbonyl (C=O) groups excluding carboxylic acids is 1. The van der Waals surface area contributed by atoms with E-state index in [-0.39, 0.29) is 11.5 Å². The number of aldehydes is 1. The Balaban J connectivity index is 1.37. The van der Waals surface area contributed by atoms with Crippen molar-refractivity contribution in [1.82, 2.24) is 0 Å². The standard InChI is InChI=1S/C31H34O3/c1-31-17-27(23-9-7-21(18-32)8-10-23)30-25-15-16-33-20-24(25)11-12-26(30)28(31)13-14-29(31)34-19-22-5-3-2-4-6-22/h2-10,18,20,26-29H,11-17,19H2,1H3/t26?,27-,28?,29+,31+/m1/s1. The van der Waals surface area contributed by atoms with Gasteiger partial charge in [-0.15, -0.1) is 0 Å². The van der Waals surface area contributed by atoms with E-state index in [9.17, 15) is 4.79 Å². The zero-order valence-electron chi connectivity index (χ0n) is 20.0. The second-order valence-electron chi connectivity index (χ2n) is 10.9. The lowest BCUT2D eigenvalue weighted by Crippen LogP contribution is -2.45. The fourth-order valence-electron chi connectivity index (χ4n) is 7.54. The predicted octanol–water partition coefficient (Wildman–Crippen LogP) is 7.00. The minimum Gasteiger partial charge on any atom is -0.501 e. The SMILES string of the molecule is C[C@]12C[C@H](c3ccc(C=O)cc3)C3=C4CCOC=C4CCC3C1CC[C@@H]2OCc1ccccc1. The van der Waals surface area contributed by atoms with Gasteiger partial charge in [-0.3, -0.25) is 4.79 Å². The quantitative estimate of drug-likeness (QED) is 0.456. The number of hydrogen-bond acceptors (Lipinski definition) is 3. The van der Waals surface area contributed by atoms with E-state index in [1.807, 2.05) is 18.4 Å². The number of benzene rings is 2. The molecule has 2 fully saturated rings. The van der Waals surface area contributed by atoms with Crippen LogP contribution in [0.15, 0.2) is 77.6 Å². The molecular weight excluding hydrogens is 420 g/mol. The minimum atomic E-state index is 0.157. The summed E-state index contributed by atoms with van der Waals surface area (Å²) in [7, 11) is 0. The van der Waals surface area contributed by atoms with E-state index in [1.165, 1.54) is 29.5 Å². The van der Waals surface area contributed by atoms with Crippen molar-refractivity contribution in [2.45, 2.75) is 64.1 Å². The Labute approximate surface area is 202 Å². The largest absolute Gasteiger partial charge is 0.501 e. The number of ether oxygens (including phenoxy) is 2. The van der Waals surface area contributed by atoms with Crippen molar-refractivity contribution in [3.63, 3.8) is 0 Å². The molecule has 0 radical (unpaired) electrons. The third kappa shape index (κ3) is 3.65. The average molecular weight is 455 g/mol. The van der Waals surface area contributed by atoms with Gasteiger partial charge >= 0.3 is 0 Å². The molecular formula is C31H34O3. The Morgan fingerprint density at radius 3 is 2.65 bits per heavy atom. The molecule has 0 aromatic heterocycles. The molecule has 2 aromatic rings. The summed E-state index contributed by atoms with van der Waals surface area (Å²) in [6.45, 7) is 3.98. The van der Waals surface area contributed by atoms with Gasteiger partial charge in [-0.25, -0.2) is 0 Å². The second kappa shape index (κ2) is 8.85. The Morgan fingerprint density at radius 2 is 1.85 bits per heavy atom. The molecule has 6 rings (SSSR count). The minimum absolute atomic E-state index is 0.157. The third-order valence-electron chi connectivity index (χ3n) is 9.15. The lowest BCUT2D eigenvalue weighted by atomic mass is 9.53. The molecule has 1 aliphatic heterocycles. The summed E-state index contributed by atoms with van der Waals surface area (Å²) in [5.41, 5.74) is 8.17. The first-order valence-electron chi connectivity index (χ1n) is 12.9. The molecule has 3 nitrogen and oxygen atoms in total. The molecule has 0 amide bonds. The Bertz CT molecular complexity index is 1110. The number of carbonyl (C=O) groups is 1. The predicted molar refractivity (Wildman–Crippen MR) is 133 cm³/mol. The van der Waals surface area contributed by atoms with Gasteiger partial charge in [0.25, 0.3) is 0 Å². The molecule has 0 saturated heterocycles. The number of allylic oxidation sites excluding steroid dienone is 2. The van der Waals surface area contributed by atoms with Crippen LogP contribution in [0, 0.1) is 17.3 Å². The highest BCUT2D eigenvalue weighted by molar-refractivity contribution is 5.74. The number of rotatable bonds is 5. The van der Waals surface area contributed by atoms with Gasteiger partial charge < -0.3 is 9.47 Å². The van der Waals surface area contributed by atoms with Gasteiger partial charge in [-0.05, 0) is 71.6 Å². The van der Waals surface area contributed by atoms with Gasteiger partial charge in [0.05, 0.1) is 25.6 Å². The molecule has 2 unspecified atom stereocenters. The van der Waals surface area contributed by atoms with Crippen molar-refractivity contribution in [2.24, 2.45) is 17.3 Å². The molecule has 4 aliphatic rings. The van der Waals surface area contributed by atoms with Crippen molar-refractivity contribution in [3.8, 4) is 0 Å². The molecule has 176 valence electrons. The van der Waals surface area contributed by atoms with Crippen LogP contribution in [0.1, 0.15) is 72.9 Å². The van der Waals surface area contributed by atoms with Crippen LogP contribution in [0.2, 0.25) is 0 Å². The second-order valence-corrected chi connectivity index (χ2v) is 10.9. The van der Waals surface area contributed by atoms with Crippen molar-refractivity contribution < 1.29 is 14.3 Å². The summed E-state index contributed by atoms with van der Waals surface area (Å²) in [4.78, 5) is 11.3. The van der Waals surface area contributed by atoms with Crippen LogP contribution in [0.25, 0.3) is 0 Å². The van der Waals surface area contributed by atoms with Crippen LogP contribution < -0.4 is 0 Å². The fourth-order valence-corrected chi connectivity index (χ4v) is 7.54. The maximum absolute atomic E-state index is 11.3. The monoisotopic (exact) mass is 454 g/mol. The third-order valence-corrected chi connectivity index (χ3v) is 9.15. The molecule has 34 heavy (non-hydrogen) atoms. The smallest absolute Gasteiger partial charge is 0.150 e. The molecule has 5 atom stereocenters. The van der Waals surface area contributed by atoms with E-state index in [0.29, 0.717) is 24.4 Å². The van der Waals surface area contributed by atoms with E-state index >= 15 is 0 Å². The van der Waals surface area contributed by atoms with E-state index in [0.717, 1.165) is 44.1 Å². The van der Waals surface area contributed by atoms with Crippen LogP contribution in [0.3, 0.4) is 0 Å². The first-order chi connectivity index (χ1) is 16.7. The molecule has 3 aliphatic carbocycles. The van der Waals surface area contributed by atoms with Gasteiger partial charge in [0.1, 0.15) is 6.29 Å². The summed E-state index contributed by atoms with van der Waals surface area (Å²) in [5.74, 6) is 1.67. The molecule has 3 heteroatoms. The molecule has 0 bridgehead atoms. The summed E-state index contributed by atoms with van der Waals surface area (Å²) < 4.78 is 12.4. The van der Waals surface area contributed by atoms with Crippen LogP contribution in [-0.2, 0) is 16.1 Å². The summed E-state index contributed by atoms with van der Waals surface area (Å²) in [5, 5.41) is 0. The zero-order valence-corrected chi connectivity index (χ0v) is 20.0. The van der Waals surface area contributed by atoms with Gasteiger partial charge in [0.2, 0.25) is 0 Å². The Hall–Kier alpha value is -2.65. The molecule has 0 N–H and O–H groups in total. The maximum Gasteiger partial charge on any atom is 0.150 e. The van der Waals surface area contributed by atoms with Crippen molar-refractivity contribution in [3.05, 3.63) is 94.3 Å². The number of fused-ring (bicyclic) bond motifs is 4. The highest BCUT2D eigenvalue weighted by atomic mass is 16.5. The van der Waals surface area contributed by atoms with E-state index in [1.54, 1.807) is 11.1 Å². The van der Waals surface area contributed by atoms with Gasteiger partial charge in [-0.1, -0.05) is 67.1 Å². The number of hydrogen-bond donors (Lipinski definition) is 0. The Kier molecular flexibility index (Phi) is 5.69. The van der Waals surface area contributed by atoms with Crippen LogP contribution in [-0.4, -0.2) is 19.0 Å². The van der Waals surface area contributed by atoms with Crippen LogP contribution >= 0.6 is 0 Å². The van der Waals surface area contributed by atoms with Crippen molar-refractivity contribution in [1.29, 1.82) is 0 Å². The molecule has 1 heterocycles. The topological polar surface area (TPSA) is 35.5 Å². The normalized spacial score (nSPS) is 32.2. The van der Waals surface area contributed by atoms with Crippen LogP contribution in [0.4, 0.5) is 0 Å². The van der Waals surface area contributed by atoms with Crippen molar-refractivity contribution >= 4 is 6.29 Å². The van der Waals surface area contributed by atoms with Crippen molar-refractivity contribution in [2.75, 3.05) is 6.61 Å². The molecule has 2 saturated carbocycles. The van der Waals surface area contributed by atoms with Gasteiger partial charge in [-0.2, -0.15) is 0 Å². The van der Waals surface area contributed by atoms with Gasteiger partial charge in [0.15, 0.2) is 0 Å². The van der Waals surface area contributed by atoms with E-state index < -0.39 is 0 Å². The highest BCUT2D eigenvalue weighted by Crippen LogP contribution is 2.64.